The van der Waals surface area contributed by atoms with Gasteiger partial charge in [-0.25, -0.2) is 14.5 Å². The summed E-state index contributed by atoms with van der Waals surface area (Å²) in [5, 5.41) is 8.26. The van der Waals surface area contributed by atoms with Crippen molar-refractivity contribution in [2.24, 2.45) is 0 Å². The van der Waals surface area contributed by atoms with Crippen LogP contribution in [0.15, 0.2) is 35.6 Å². The van der Waals surface area contributed by atoms with E-state index in [0.717, 1.165) is 40.0 Å². The average molecular weight is 426 g/mol. The molecule has 2 atom stereocenters. The van der Waals surface area contributed by atoms with Gasteiger partial charge >= 0.3 is 0 Å². The van der Waals surface area contributed by atoms with E-state index >= 15 is 0 Å². The van der Waals surface area contributed by atoms with Crippen molar-refractivity contribution in [3.05, 3.63) is 52.3 Å². The summed E-state index contributed by atoms with van der Waals surface area (Å²) in [5.41, 5.74) is 3.90. The Labute approximate surface area is 174 Å². The second-order valence-electron chi connectivity index (χ2n) is 8.06. The zero-order valence-electron chi connectivity index (χ0n) is 17.0. The zero-order chi connectivity index (χ0) is 21.0. The lowest BCUT2D eigenvalue weighted by atomic mass is 10.1. The van der Waals surface area contributed by atoms with Gasteiger partial charge in [0, 0.05) is 35.2 Å². The lowest BCUT2D eigenvalue weighted by molar-refractivity contribution is 0.553. The maximum Gasteiger partial charge on any atom is 0.252 e. The maximum atomic E-state index is 12.9. The first-order valence-corrected chi connectivity index (χ1v) is 12.1. The molecule has 30 heavy (non-hydrogen) atoms. The Morgan fingerprint density at radius 2 is 2.07 bits per heavy atom. The average Bonchev–Trinajstić information content (AvgIpc) is 3.27. The Morgan fingerprint density at radius 3 is 2.83 bits per heavy atom. The van der Waals surface area contributed by atoms with E-state index in [1.165, 1.54) is 6.33 Å². The summed E-state index contributed by atoms with van der Waals surface area (Å²) in [6, 6.07) is 3.51. The molecule has 156 valence electrons. The van der Waals surface area contributed by atoms with Crippen LogP contribution in [0.5, 0.6) is 0 Å². The standard InChI is InChI=1S/C20H23N7O2S/c1-12-7-18(28)27(14-4-5-30(3,29)10-14)19-15(12)8-21-20(25-19)24-16-9-26-17(6-13(16)2)22-11-23-26/h6-9,11,14,29H,4-5,10H2,1-3H3,(H,21,24,25). The summed E-state index contributed by atoms with van der Waals surface area (Å²) in [4.78, 5) is 26.3. The van der Waals surface area contributed by atoms with Gasteiger partial charge in [0.2, 0.25) is 5.95 Å². The molecule has 2 N–H and O–H groups in total. The fourth-order valence-corrected chi connectivity index (χ4v) is 6.16. The molecular formula is C20H23N7O2S. The Hall–Kier alpha value is -2.98. The third-order valence-electron chi connectivity index (χ3n) is 5.68. The van der Waals surface area contributed by atoms with Crippen molar-refractivity contribution >= 4 is 38.6 Å². The summed E-state index contributed by atoms with van der Waals surface area (Å²) in [6.45, 7) is 3.87. The molecule has 1 aliphatic heterocycles. The zero-order valence-corrected chi connectivity index (χ0v) is 17.8. The molecule has 0 bridgehead atoms. The number of nitrogens with one attached hydrogen (secondary N) is 1. The molecule has 5 heterocycles. The first-order chi connectivity index (χ1) is 14.3. The van der Waals surface area contributed by atoms with Gasteiger partial charge in [0.1, 0.15) is 12.0 Å². The number of aromatic nitrogens is 6. The summed E-state index contributed by atoms with van der Waals surface area (Å²) < 4.78 is 13.9. The van der Waals surface area contributed by atoms with Gasteiger partial charge in [-0.3, -0.25) is 9.36 Å². The van der Waals surface area contributed by atoms with Crippen LogP contribution in [0.2, 0.25) is 0 Å². The van der Waals surface area contributed by atoms with Crippen LogP contribution in [0.1, 0.15) is 23.6 Å². The summed E-state index contributed by atoms with van der Waals surface area (Å²) in [6.07, 6.45) is 7.77. The molecule has 0 amide bonds. The Balaban J connectivity index is 1.61. The second kappa shape index (κ2) is 6.78. The van der Waals surface area contributed by atoms with E-state index in [1.54, 1.807) is 21.3 Å². The molecule has 0 saturated carbocycles. The molecule has 1 saturated heterocycles. The van der Waals surface area contributed by atoms with Crippen molar-refractivity contribution in [3.8, 4) is 0 Å². The smallest absolute Gasteiger partial charge is 0.252 e. The predicted molar refractivity (Wildman–Crippen MR) is 119 cm³/mol. The fourth-order valence-electron chi connectivity index (χ4n) is 4.07. The molecular weight excluding hydrogens is 402 g/mol. The minimum atomic E-state index is -1.65. The molecule has 0 aliphatic carbocycles. The molecule has 1 fully saturated rings. The third-order valence-corrected chi connectivity index (χ3v) is 7.89. The van der Waals surface area contributed by atoms with Gasteiger partial charge in [0.05, 0.1) is 11.9 Å². The predicted octanol–water partition coefficient (Wildman–Crippen LogP) is 3.05. The van der Waals surface area contributed by atoms with Crippen LogP contribution in [-0.4, -0.2) is 51.4 Å². The molecule has 4 aromatic heterocycles. The van der Waals surface area contributed by atoms with E-state index < -0.39 is 10.3 Å². The number of hydrogen-bond acceptors (Lipinski definition) is 7. The Bertz CT molecular complexity index is 1340. The molecule has 0 aromatic carbocycles. The first kappa shape index (κ1) is 19.0. The van der Waals surface area contributed by atoms with Crippen molar-refractivity contribution in [2.75, 3.05) is 23.1 Å². The number of pyridine rings is 2. The molecule has 2 unspecified atom stereocenters. The SMILES string of the molecule is Cc1cc2ncnn2cc1Nc1ncc2c(C)cc(=O)n(C3CCS(C)(O)C3)c2n1. The van der Waals surface area contributed by atoms with Gasteiger partial charge in [-0.1, -0.05) is 0 Å². The van der Waals surface area contributed by atoms with Gasteiger partial charge in [-0.05, 0) is 43.7 Å². The van der Waals surface area contributed by atoms with Crippen molar-refractivity contribution in [1.29, 1.82) is 0 Å². The molecule has 0 spiro atoms. The maximum absolute atomic E-state index is 12.9. The van der Waals surface area contributed by atoms with E-state index in [2.05, 4.69) is 20.4 Å². The Morgan fingerprint density at radius 1 is 1.23 bits per heavy atom. The summed E-state index contributed by atoms with van der Waals surface area (Å²) >= 11 is 0. The normalized spacial score (nSPS) is 23.7. The molecule has 0 radical (unpaired) electrons. The van der Waals surface area contributed by atoms with Crippen LogP contribution in [0, 0.1) is 13.8 Å². The molecule has 1 aliphatic rings. The molecule has 10 heteroatoms. The van der Waals surface area contributed by atoms with Gasteiger partial charge in [-0.15, -0.1) is 10.3 Å². The number of fused-ring (bicyclic) bond motifs is 2. The van der Waals surface area contributed by atoms with Crippen LogP contribution in [0.3, 0.4) is 0 Å². The number of rotatable bonds is 3. The van der Waals surface area contributed by atoms with Crippen LogP contribution in [0.4, 0.5) is 11.6 Å². The number of aryl methyl sites for hydroxylation is 2. The third kappa shape index (κ3) is 3.21. The van der Waals surface area contributed by atoms with E-state index in [1.807, 2.05) is 32.4 Å². The minimum absolute atomic E-state index is 0.0541. The molecule has 4 aromatic rings. The monoisotopic (exact) mass is 425 g/mol. The van der Waals surface area contributed by atoms with E-state index in [0.29, 0.717) is 17.3 Å². The van der Waals surface area contributed by atoms with Crippen LogP contribution >= 0.6 is 10.3 Å². The highest BCUT2D eigenvalue weighted by molar-refractivity contribution is 8.28. The van der Waals surface area contributed by atoms with Crippen LogP contribution < -0.4 is 10.9 Å². The lowest BCUT2D eigenvalue weighted by Gasteiger charge is -2.23. The van der Waals surface area contributed by atoms with E-state index in [9.17, 15) is 9.35 Å². The van der Waals surface area contributed by atoms with Crippen molar-refractivity contribution in [3.63, 3.8) is 0 Å². The highest BCUT2D eigenvalue weighted by atomic mass is 32.3. The first-order valence-electron chi connectivity index (χ1n) is 9.73. The summed E-state index contributed by atoms with van der Waals surface area (Å²) in [7, 11) is -1.65. The topological polar surface area (TPSA) is 110 Å². The van der Waals surface area contributed by atoms with Crippen molar-refractivity contribution < 1.29 is 4.55 Å². The lowest BCUT2D eigenvalue weighted by Crippen LogP contribution is -2.26. The van der Waals surface area contributed by atoms with Gasteiger partial charge < -0.3 is 9.87 Å². The highest BCUT2D eigenvalue weighted by Crippen LogP contribution is 2.50. The Kier molecular flexibility index (Phi) is 4.30. The van der Waals surface area contributed by atoms with Crippen LogP contribution in [0.25, 0.3) is 16.7 Å². The largest absolute Gasteiger partial charge is 0.352 e. The number of anilines is 2. The van der Waals surface area contributed by atoms with Crippen molar-refractivity contribution in [1.82, 2.24) is 29.1 Å². The minimum Gasteiger partial charge on any atom is -0.352 e. The second-order valence-corrected chi connectivity index (χ2v) is 11.2. The fraction of sp³-hybridized carbons (Fsp3) is 0.350. The van der Waals surface area contributed by atoms with Crippen molar-refractivity contribution in [2.45, 2.75) is 26.3 Å². The molecule has 9 nitrogen and oxygen atoms in total. The van der Waals surface area contributed by atoms with Gasteiger partial charge in [0.25, 0.3) is 5.56 Å². The number of hydrogen-bond donors (Lipinski definition) is 2. The molecule has 5 rings (SSSR count). The summed E-state index contributed by atoms with van der Waals surface area (Å²) in [5.74, 6) is 1.76. The van der Waals surface area contributed by atoms with E-state index in [4.69, 9.17) is 4.98 Å². The highest BCUT2D eigenvalue weighted by Gasteiger charge is 2.32. The van der Waals surface area contributed by atoms with E-state index in [-0.39, 0.29) is 11.6 Å². The van der Waals surface area contributed by atoms with Gasteiger partial charge in [-0.2, -0.15) is 10.1 Å². The van der Waals surface area contributed by atoms with Crippen LogP contribution in [-0.2, 0) is 0 Å². The quantitative estimate of drug-likeness (QED) is 0.519. The van der Waals surface area contributed by atoms with Gasteiger partial charge in [0.15, 0.2) is 5.65 Å². The number of nitrogens with zero attached hydrogens (tertiary/aromatic N) is 6.